The summed E-state index contributed by atoms with van der Waals surface area (Å²) in [5.74, 6) is 1.33. The van der Waals surface area contributed by atoms with Crippen LogP contribution in [0.1, 0.15) is 13.8 Å². The molecule has 0 unspecified atom stereocenters. The lowest BCUT2D eigenvalue weighted by molar-refractivity contribution is -0.118. The molecule has 0 atom stereocenters. The first-order valence-corrected chi connectivity index (χ1v) is 8.95. The standard InChI is InChI=1S/C15H20ClN5O2S/c1-11(2)9-21-15(18-19-20-21)24-10-14(22)17-7-8-23-13-5-3-12(16)4-6-13/h3-6,11H,7-10H2,1-2H3,(H,17,22). The average molecular weight is 370 g/mol. The molecule has 1 heterocycles. The number of hydrogen-bond acceptors (Lipinski definition) is 6. The molecule has 1 aromatic carbocycles. The lowest BCUT2D eigenvalue weighted by Crippen LogP contribution is -2.29. The van der Waals surface area contributed by atoms with Crippen LogP contribution in [0.25, 0.3) is 0 Å². The maximum absolute atomic E-state index is 11.8. The van der Waals surface area contributed by atoms with Crippen LogP contribution in [0.4, 0.5) is 0 Å². The molecule has 2 rings (SSSR count). The Morgan fingerprint density at radius 2 is 2.12 bits per heavy atom. The lowest BCUT2D eigenvalue weighted by Gasteiger charge is -2.08. The van der Waals surface area contributed by atoms with Crippen LogP contribution in [0.5, 0.6) is 5.75 Å². The van der Waals surface area contributed by atoms with Crippen molar-refractivity contribution in [2.24, 2.45) is 5.92 Å². The van der Waals surface area contributed by atoms with Crippen LogP contribution < -0.4 is 10.1 Å². The molecule has 2 aromatic rings. The van der Waals surface area contributed by atoms with Gasteiger partial charge in [0.05, 0.1) is 12.3 Å². The SMILES string of the molecule is CC(C)Cn1nnnc1SCC(=O)NCCOc1ccc(Cl)cc1. The minimum absolute atomic E-state index is 0.0844. The third kappa shape index (κ3) is 6.37. The minimum Gasteiger partial charge on any atom is -0.492 e. The van der Waals surface area contributed by atoms with Crippen molar-refractivity contribution in [1.29, 1.82) is 0 Å². The third-order valence-corrected chi connectivity index (χ3v) is 4.09. The van der Waals surface area contributed by atoms with E-state index < -0.39 is 0 Å². The Kier molecular flexibility index (Phi) is 7.33. The molecule has 0 saturated heterocycles. The summed E-state index contributed by atoms with van der Waals surface area (Å²) in [4.78, 5) is 11.8. The number of carbonyl (C=O) groups is 1. The highest BCUT2D eigenvalue weighted by atomic mass is 35.5. The highest BCUT2D eigenvalue weighted by Crippen LogP contribution is 2.15. The smallest absolute Gasteiger partial charge is 0.230 e. The van der Waals surface area contributed by atoms with E-state index in [-0.39, 0.29) is 11.7 Å². The number of tetrazole rings is 1. The van der Waals surface area contributed by atoms with Gasteiger partial charge in [-0.05, 0) is 40.6 Å². The number of rotatable bonds is 9. The zero-order valence-electron chi connectivity index (χ0n) is 13.6. The predicted molar refractivity (Wildman–Crippen MR) is 93.3 cm³/mol. The summed E-state index contributed by atoms with van der Waals surface area (Å²) in [6.07, 6.45) is 0. The van der Waals surface area contributed by atoms with Gasteiger partial charge in [-0.15, -0.1) is 5.10 Å². The van der Waals surface area contributed by atoms with Gasteiger partial charge in [-0.25, -0.2) is 4.68 Å². The first kappa shape index (κ1) is 18.5. The summed E-state index contributed by atoms with van der Waals surface area (Å²) in [6, 6.07) is 7.09. The largest absolute Gasteiger partial charge is 0.492 e. The molecule has 7 nitrogen and oxygen atoms in total. The van der Waals surface area contributed by atoms with Gasteiger partial charge in [-0.2, -0.15) is 0 Å². The fourth-order valence-corrected chi connectivity index (χ4v) is 2.67. The number of aromatic nitrogens is 4. The van der Waals surface area contributed by atoms with Gasteiger partial charge >= 0.3 is 0 Å². The predicted octanol–water partition coefficient (Wildman–Crippen LogP) is 2.27. The molecule has 0 fully saturated rings. The van der Waals surface area contributed by atoms with Crippen molar-refractivity contribution in [2.45, 2.75) is 25.5 Å². The second-order valence-electron chi connectivity index (χ2n) is 5.48. The molecule has 0 radical (unpaired) electrons. The summed E-state index contributed by atoms with van der Waals surface area (Å²) in [7, 11) is 0. The van der Waals surface area contributed by atoms with Gasteiger partial charge in [0.25, 0.3) is 0 Å². The number of thioether (sulfide) groups is 1. The number of nitrogens with zero attached hydrogens (tertiary/aromatic N) is 4. The summed E-state index contributed by atoms with van der Waals surface area (Å²) >= 11 is 7.12. The molecule has 1 amide bonds. The van der Waals surface area contributed by atoms with E-state index in [0.717, 1.165) is 12.3 Å². The van der Waals surface area contributed by atoms with E-state index in [0.29, 0.717) is 29.2 Å². The molecule has 0 bridgehead atoms. The summed E-state index contributed by atoms with van der Waals surface area (Å²) in [5.41, 5.74) is 0. The van der Waals surface area contributed by atoms with Gasteiger partial charge in [-0.1, -0.05) is 37.2 Å². The molecule has 0 aliphatic carbocycles. The monoisotopic (exact) mass is 369 g/mol. The number of carbonyl (C=O) groups excluding carboxylic acids is 1. The van der Waals surface area contributed by atoms with Crippen molar-refractivity contribution in [3.05, 3.63) is 29.3 Å². The highest BCUT2D eigenvalue weighted by molar-refractivity contribution is 7.99. The van der Waals surface area contributed by atoms with E-state index in [1.807, 2.05) is 0 Å². The molecule has 0 aliphatic heterocycles. The second kappa shape index (κ2) is 9.48. The molecule has 0 saturated carbocycles. The zero-order valence-corrected chi connectivity index (χ0v) is 15.2. The second-order valence-corrected chi connectivity index (χ2v) is 6.86. The summed E-state index contributed by atoms with van der Waals surface area (Å²) in [6.45, 7) is 5.72. The Bertz CT molecular complexity index is 648. The Morgan fingerprint density at radius 3 is 2.83 bits per heavy atom. The number of benzene rings is 1. The lowest BCUT2D eigenvalue weighted by atomic mass is 10.2. The van der Waals surface area contributed by atoms with Crippen LogP contribution in [0, 0.1) is 5.92 Å². The minimum atomic E-state index is -0.0844. The van der Waals surface area contributed by atoms with Crippen LogP contribution in [-0.2, 0) is 11.3 Å². The van der Waals surface area contributed by atoms with E-state index in [2.05, 4.69) is 34.7 Å². The molecular formula is C15H20ClN5O2S. The van der Waals surface area contributed by atoms with E-state index in [4.69, 9.17) is 16.3 Å². The first-order chi connectivity index (χ1) is 11.5. The number of halogens is 1. The van der Waals surface area contributed by atoms with E-state index >= 15 is 0 Å². The quantitative estimate of drug-likeness (QED) is 0.539. The van der Waals surface area contributed by atoms with Gasteiger partial charge in [0.15, 0.2) is 0 Å². The Balaban J connectivity index is 1.65. The molecule has 0 aliphatic rings. The summed E-state index contributed by atoms with van der Waals surface area (Å²) < 4.78 is 7.22. The third-order valence-electron chi connectivity index (χ3n) is 2.88. The molecule has 130 valence electrons. The van der Waals surface area contributed by atoms with Crippen LogP contribution in [0.3, 0.4) is 0 Å². The van der Waals surface area contributed by atoms with Gasteiger partial charge < -0.3 is 10.1 Å². The normalized spacial score (nSPS) is 10.8. The fraction of sp³-hybridized carbons (Fsp3) is 0.467. The van der Waals surface area contributed by atoms with Gasteiger partial charge in [0.2, 0.25) is 11.1 Å². The van der Waals surface area contributed by atoms with E-state index in [9.17, 15) is 4.79 Å². The Labute approximate surface area is 150 Å². The molecule has 9 heteroatoms. The topological polar surface area (TPSA) is 81.9 Å². The van der Waals surface area contributed by atoms with Gasteiger partial charge in [-0.3, -0.25) is 4.79 Å². The van der Waals surface area contributed by atoms with Gasteiger partial charge in [0, 0.05) is 11.6 Å². The van der Waals surface area contributed by atoms with E-state index in [1.165, 1.54) is 11.8 Å². The first-order valence-electron chi connectivity index (χ1n) is 7.58. The zero-order chi connectivity index (χ0) is 17.4. The average Bonchev–Trinajstić information content (AvgIpc) is 2.97. The van der Waals surface area contributed by atoms with Crippen LogP contribution in [0.15, 0.2) is 29.4 Å². The number of amides is 1. The molecule has 1 N–H and O–H groups in total. The van der Waals surface area contributed by atoms with Crippen LogP contribution in [-0.4, -0.2) is 45.0 Å². The Hall–Kier alpha value is -1.80. The van der Waals surface area contributed by atoms with Crippen molar-refractivity contribution in [3.8, 4) is 5.75 Å². The van der Waals surface area contributed by atoms with Crippen molar-refractivity contribution >= 4 is 29.3 Å². The molecule has 1 aromatic heterocycles. The van der Waals surface area contributed by atoms with Crippen molar-refractivity contribution in [1.82, 2.24) is 25.5 Å². The number of nitrogens with one attached hydrogen (secondary N) is 1. The van der Waals surface area contributed by atoms with Crippen molar-refractivity contribution < 1.29 is 9.53 Å². The summed E-state index contributed by atoms with van der Waals surface area (Å²) in [5, 5.41) is 15.6. The van der Waals surface area contributed by atoms with Crippen molar-refractivity contribution in [2.75, 3.05) is 18.9 Å². The Morgan fingerprint density at radius 1 is 1.38 bits per heavy atom. The van der Waals surface area contributed by atoms with Gasteiger partial charge in [0.1, 0.15) is 12.4 Å². The maximum Gasteiger partial charge on any atom is 0.230 e. The highest BCUT2D eigenvalue weighted by Gasteiger charge is 2.10. The van der Waals surface area contributed by atoms with E-state index in [1.54, 1.807) is 28.9 Å². The van der Waals surface area contributed by atoms with Crippen molar-refractivity contribution in [3.63, 3.8) is 0 Å². The van der Waals surface area contributed by atoms with Crippen LogP contribution >= 0.6 is 23.4 Å². The van der Waals surface area contributed by atoms with Crippen LogP contribution in [0.2, 0.25) is 5.02 Å². The number of ether oxygens (including phenoxy) is 1. The number of hydrogen-bond donors (Lipinski definition) is 1. The molecule has 24 heavy (non-hydrogen) atoms. The molecular weight excluding hydrogens is 350 g/mol. The fourth-order valence-electron chi connectivity index (χ4n) is 1.83. The maximum atomic E-state index is 11.8. The molecule has 0 spiro atoms.